The maximum Gasteiger partial charge on any atom is 0.297 e. The van der Waals surface area contributed by atoms with Crippen molar-refractivity contribution in [3.8, 4) is 5.75 Å². The van der Waals surface area contributed by atoms with Gasteiger partial charge in [0.15, 0.2) is 0 Å². The van der Waals surface area contributed by atoms with Gasteiger partial charge in [-0.2, -0.15) is 8.42 Å². The Morgan fingerprint density at radius 2 is 1.76 bits per heavy atom. The van der Waals surface area contributed by atoms with Crippen molar-refractivity contribution in [1.82, 2.24) is 0 Å². The molecule has 0 heterocycles. The van der Waals surface area contributed by atoms with Gasteiger partial charge in [-0.25, -0.2) is 0 Å². The number of nitrogens with two attached hydrogens (primary N) is 1. The van der Waals surface area contributed by atoms with Crippen molar-refractivity contribution in [3.63, 3.8) is 0 Å². The largest absolute Gasteiger partial charge is 0.488 e. The first-order valence-corrected chi connectivity index (χ1v) is 9.74. The van der Waals surface area contributed by atoms with Crippen molar-refractivity contribution < 1.29 is 17.3 Å². The molecule has 5 nitrogen and oxygen atoms in total. The summed E-state index contributed by atoms with van der Waals surface area (Å²) < 4.78 is 35.4. The average Bonchev–Trinajstić information content (AvgIpc) is 2.60. The van der Waals surface area contributed by atoms with Gasteiger partial charge >= 0.3 is 0 Å². The topological polar surface area (TPSA) is 78.6 Å². The zero-order chi connectivity index (χ0) is 18.3. The zero-order valence-electron chi connectivity index (χ0n) is 14.6. The van der Waals surface area contributed by atoms with Gasteiger partial charge in [0.25, 0.3) is 10.1 Å². The van der Waals surface area contributed by atoms with Crippen molar-refractivity contribution >= 4 is 10.1 Å². The Kier molecular flexibility index (Phi) is 6.99. The molecule has 0 amide bonds. The lowest BCUT2D eigenvalue weighted by atomic mass is 10.1. The summed E-state index contributed by atoms with van der Waals surface area (Å²) in [6.07, 6.45) is 1.29. The van der Waals surface area contributed by atoms with Crippen LogP contribution in [0.1, 0.15) is 24.5 Å². The molecular formula is C19H25NO4S. The number of rotatable bonds is 9. The molecule has 0 aromatic heterocycles. The molecule has 0 aliphatic carbocycles. The second-order valence-corrected chi connectivity index (χ2v) is 7.60. The molecule has 1 atom stereocenters. The van der Waals surface area contributed by atoms with Crippen LogP contribution in [0.15, 0.2) is 53.4 Å². The van der Waals surface area contributed by atoms with Crippen LogP contribution in [-0.4, -0.2) is 27.7 Å². The predicted molar refractivity (Wildman–Crippen MR) is 98.2 cm³/mol. The van der Waals surface area contributed by atoms with Gasteiger partial charge in [0.05, 0.1) is 4.90 Å². The van der Waals surface area contributed by atoms with Crippen LogP contribution in [0.3, 0.4) is 0 Å². The summed E-state index contributed by atoms with van der Waals surface area (Å²) in [6.45, 7) is 4.24. The minimum absolute atomic E-state index is 0.0541. The molecular weight excluding hydrogens is 338 g/mol. The molecule has 0 aliphatic rings. The highest BCUT2D eigenvalue weighted by Gasteiger charge is 2.17. The van der Waals surface area contributed by atoms with Crippen molar-refractivity contribution in [2.24, 2.45) is 5.73 Å². The quantitative estimate of drug-likeness (QED) is 0.693. The Labute approximate surface area is 149 Å². The molecule has 0 radical (unpaired) electrons. The Hall–Kier alpha value is -1.89. The van der Waals surface area contributed by atoms with E-state index in [-0.39, 0.29) is 11.5 Å². The van der Waals surface area contributed by atoms with Crippen molar-refractivity contribution in [1.29, 1.82) is 0 Å². The van der Waals surface area contributed by atoms with E-state index in [4.69, 9.17) is 14.7 Å². The number of hydrogen-bond donors (Lipinski definition) is 1. The van der Waals surface area contributed by atoms with Crippen LogP contribution < -0.4 is 10.5 Å². The van der Waals surface area contributed by atoms with E-state index in [1.165, 1.54) is 12.1 Å². The Balaban J connectivity index is 1.96. The molecule has 0 fully saturated rings. The summed E-state index contributed by atoms with van der Waals surface area (Å²) in [5, 5.41) is 0. The van der Waals surface area contributed by atoms with Gasteiger partial charge in [0, 0.05) is 0 Å². The molecule has 25 heavy (non-hydrogen) atoms. The van der Waals surface area contributed by atoms with E-state index in [9.17, 15) is 8.42 Å². The van der Waals surface area contributed by atoms with Crippen LogP contribution in [0.25, 0.3) is 0 Å². The molecule has 2 N–H and O–H groups in total. The third kappa shape index (κ3) is 5.85. The number of aryl methyl sites for hydroxylation is 2. The molecule has 0 spiro atoms. The second kappa shape index (κ2) is 8.99. The normalized spacial score (nSPS) is 12.8. The highest BCUT2D eigenvalue weighted by atomic mass is 32.2. The number of para-hydroxylation sites is 1. The van der Waals surface area contributed by atoms with E-state index < -0.39 is 16.2 Å². The highest BCUT2D eigenvalue weighted by molar-refractivity contribution is 7.86. The van der Waals surface area contributed by atoms with Crippen LogP contribution >= 0.6 is 0 Å². The van der Waals surface area contributed by atoms with Crippen LogP contribution in [0, 0.1) is 6.92 Å². The fourth-order valence-electron chi connectivity index (χ4n) is 2.33. The lowest BCUT2D eigenvalue weighted by Crippen LogP contribution is -2.22. The van der Waals surface area contributed by atoms with E-state index in [2.05, 4.69) is 0 Å². The lowest BCUT2D eigenvalue weighted by Gasteiger charge is -2.17. The third-order valence-corrected chi connectivity index (χ3v) is 5.01. The first-order chi connectivity index (χ1) is 11.9. The van der Waals surface area contributed by atoms with Gasteiger partial charge in [0.1, 0.15) is 18.5 Å². The van der Waals surface area contributed by atoms with E-state index >= 15 is 0 Å². The van der Waals surface area contributed by atoms with Crippen molar-refractivity contribution in [2.75, 3.05) is 13.2 Å². The molecule has 0 saturated carbocycles. The van der Waals surface area contributed by atoms with Crippen LogP contribution in [0.5, 0.6) is 5.75 Å². The smallest absolute Gasteiger partial charge is 0.297 e. The predicted octanol–water partition coefficient (Wildman–Crippen LogP) is 3.06. The van der Waals surface area contributed by atoms with Gasteiger partial charge in [-0.05, 0) is 57.0 Å². The monoisotopic (exact) mass is 363 g/mol. The Morgan fingerprint density at radius 1 is 1.08 bits per heavy atom. The Morgan fingerprint density at radius 3 is 2.44 bits per heavy atom. The molecule has 0 bridgehead atoms. The van der Waals surface area contributed by atoms with E-state index in [0.29, 0.717) is 6.54 Å². The summed E-state index contributed by atoms with van der Waals surface area (Å²) in [5.74, 6) is 0.736. The van der Waals surface area contributed by atoms with E-state index in [0.717, 1.165) is 29.7 Å². The molecule has 6 heteroatoms. The molecule has 0 unspecified atom stereocenters. The number of hydrogen-bond acceptors (Lipinski definition) is 5. The van der Waals surface area contributed by atoms with Gasteiger partial charge in [0.2, 0.25) is 0 Å². The van der Waals surface area contributed by atoms with Gasteiger partial charge in [-0.15, -0.1) is 0 Å². The second-order valence-electron chi connectivity index (χ2n) is 5.98. The summed E-state index contributed by atoms with van der Waals surface area (Å²) >= 11 is 0. The average molecular weight is 363 g/mol. The maximum absolute atomic E-state index is 12.2. The zero-order valence-corrected chi connectivity index (χ0v) is 15.5. The first-order valence-electron chi connectivity index (χ1n) is 8.33. The van der Waals surface area contributed by atoms with Crippen LogP contribution in [0.4, 0.5) is 0 Å². The van der Waals surface area contributed by atoms with E-state index in [1.807, 2.05) is 31.2 Å². The van der Waals surface area contributed by atoms with Crippen LogP contribution in [-0.2, 0) is 20.7 Å². The minimum Gasteiger partial charge on any atom is -0.488 e. The summed E-state index contributed by atoms with van der Waals surface area (Å²) in [4.78, 5) is 0.147. The van der Waals surface area contributed by atoms with Gasteiger partial charge in [-0.3, -0.25) is 4.18 Å². The third-order valence-electron chi connectivity index (χ3n) is 3.72. The molecule has 0 aliphatic heterocycles. The van der Waals surface area contributed by atoms with Crippen LogP contribution in [0.2, 0.25) is 0 Å². The highest BCUT2D eigenvalue weighted by Crippen LogP contribution is 2.21. The summed E-state index contributed by atoms with van der Waals surface area (Å²) in [7, 11) is -3.79. The fraction of sp³-hybridized carbons (Fsp3) is 0.368. The molecule has 2 rings (SSSR count). The summed E-state index contributed by atoms with van der Waals surface area (Å²) in [6, 6.07) is 14.3. The Bertz CT molecular complexity index is 772. The lowest BCUT2D eigenvalue weighted by molar-refractivity contribution is 0.145. The molecule has 2 aromatic carbocycles. The fourth-order valence-corrected chi connectivity index (χ4v) is 3.30. The number of ether oxygens (including phenoxy) is 1. The molecule has 136 valence electrons. The maximum atomic E-state index is 12.2. The molecule has 2 aromatic rings. The minimum atomic E-state index is -3.79. The van der Waals surface area contributed by atoms with Gasteiger partial charge < -0.3 is 10.5 Å². The SMILES string of the molecule is Cc1ccc(S(=O)(=O)OC[C@@H](C)Oc2ccccc2CCCN)cc1. The van der Waals surface area contributed by atoms with Gasteiger partial charge in [-0.1, -0.05) is 35.9 Å². The first kappa shape index (κ1) is 19.4. The summed E-state index contributed by atoms with van der Waals surface area (Å²) in [5.41, 5.74) is 7.61. The number of benzene rings is 2. The van der Waals surface area contributed by atoms with E-state index in [1.54, 1.807) is 19.1 Å². The van der Waals surface area contributed by atoms with Crippen molar-refractivity contribution in [3.05, 3.63) is 59.7 Å². The standard InChI is InChI=1S/C19H25NO4S/c1-15-9-11-18(12-10-15)25(21,22)23-14-16(2)24-19-8-4-3-6-17(19)7-5-13-20/h3-4,6,8-12,16H,5,7,13-14,20H2,1-2H3/t16-/m1/s1. The van der Waals surface area contributed by atoms with Crippen molar-refractivity contribution in [2.45, 2.75) is 37.7 Å². The molecule has 0 saturated heterocycles.